The summed E-state index contributed by atoms with van der Waals surface area (Å²) in [6.45, 7) is 3.74. The summed E-state index contributed by atoms with van der Waals surface area (Å²) in [5.74, 6) is 0.0481. The molecule has 0 aromatic heterocycles. The number of nitrogens with zero attached hydrogens (tertiary/aromatic N) is 1. The first-order chi connectivity index (χ1) is 9.38. The van der Waals surface area contributed by atoms with E-state index in [2.05, 4.69) is 5.32 Å². The number of nitrogens with two attached hydrogens (primary N) is 1. The average molecular weight is 275 g/mol. The fraction of sp³-hybridized carbons (Fsp3) is 0.467. The van der Waals surface area contributed by atoms with Gasteiger partial charge in [-0.1, -0.05) is 12.1 Å². The van der Waals surface area contributed by atoms with E-state index in [1.54, 1.807) is 18.9 Å². The van der Waals surface area contributed by atoms with E-state index < -0.39 is 0 Å². The molecule has 2 rings (SSSR count). The summed E-state index contributed by atoms with van der Waals surface area (Å²) in [7, 11) is 1.78. The van der Waals surface area contributed by atoms with Crippen molar-refractivity contribution in [2.24, 2.45) is 5.73 Å². The Morgan fingerprint density at radius 3 is 2.80 bits per heavy atom. The molecular formula is C15H21N3O2. The van der Waals surface area contributed by atoms with E-state index >= 15 is 0 Å². The number of benzene rings is 1. The van der Waals surface area contributed by atoms with Gasteiger partial charge in [-0.2, -0.15) is 0 Å². The second kappa shape index (κ2) is 5.63. The highest BCUT2D eigenvalue weighted by atomic mass is 16.2. The van der Waals surface area contributed by atoms with Gasteiger partial charge in [-0.05, 0) is 31.0 Å². The molecule has 2 amide bonds. The predicted molar refractivity (Wildman–Crippen MR) is 78.4 cm³/mol. The Kier molecular flexibility index (Phi) is 4.09. The molecule has 1 heterocycles. The van der Waals surface area contributed by atoms with Crippen molar-refractivity contribution in [3.63, 3.8) is 0 Å². The van der Waals surface area contributed by atoms with Gasteiger partial charge >= 0.3 is 0 Å². The second-order valence-electron chi connectivity index (χ2n) is 5.49. The lowest BCUT2D eigenvalue weighted by Crippen LogP contribution is -2.31. The Labute approximate surface area is 119 Å². The Morgan fingerprint density at radius 1 is 1.45 bits per heavy atom. The van der Waals surface area contributed by atoms with Crippen LogP contribution in [-0.2, 0) is 16.0 Å². The topological polar surface area (TPSA) is 75.4 Å². The molecule has 0 saturated carbocycles. The van der Waals surface area contributed by atoms with Crippen molar-refractivity contribution >= 4 is 17.5 Å². The third-order valence-electron chi connectivity index (χ3n) is 3.57. The molecule has 0 aliphatic carbocycles. The Balaban J connectivity index is 2.09. The number of hydrogen-bond acceptors (Lipinski definition) is 3. The quantitative estimate of drug-likeness (QED) is 0.864. The molecule has 1 aromatic rings. The normalized spacial score (nSPS) is 16.8. The van der Waals surface area contributed by atoms with Crippen molar-refractivity contribution in [2.45, 2.75) is 38.8 Å². The molecule has 0 bridgehead atoms. The maximum Gasteiger partial charge on any atom is 0.231 e. The van der Waals surface area contributed by atoms with Crippen LogP contribution in [0.3, 0.4) is 0 Å². The van der Waals surface area contributed by atoms with Gasteiger partial charge in [0.2, 0.25) is 11.8 Å². The highest BCUT2D eigenvalue weighted by molar-refractivity contribution is 6.00. The van der Waals surface area contributed by atoms with Crippen LogP contribution in [0.25, 0.3) is 0 Å². The average Bonchev–Trinajstić information content (AvgIpc) is 2.63. The third-order valence-corrected chi connectivity index (χ3v) is 3.57. The number of amides is 2. The summed E-state index contributed by atoms with van der Waals surface area (Å²) in [4.78, 5) is 25.0. The van der Waals surface area contributed by atoms with Crippen molar-refractivity contribution in [3.8, 4) is 0 Å². The van der Waals surface area contributed by atoms with Gasteiger partial charge in [0.1, 0.15) is 0 Å². The minimum absolute atomic E-state index is 0.0545. The number of hydrogen-bond donors (Lipinski definition) is 2. The predicted octanol–water partition coefficient (Wildman–Crippen LogP) is 1.12. The van der Waals surface area contributed by atoms with E-state index in [1.807, 2.05) is 25.1 Å². The Morgan fingerprint density at radius 2 is 2.15 bits per heavy atom. The van der Waals surface area contributed by atoms with Crippen LogP contribution < -0.4 is 16.0 Å². The van der Waals surface area contributed by atoms with Crippen LogP contribution in [0, 0.1) is 0 Å². The molecular weight excluding hydrogens is 254 g/mol. The first-order valence-corrected chi connectivity index (χ1v) is 6.83. The molecule has 0 fully saturated rings. The summed E-state index contributed by atoms with van der Waals surface area (Å²) in [6.07, 6.45) is 0.747. The summed E-state index contributed by atoms with van der Waals surface area (Å²) in [5.41, 5.74) is 8.58. The van der Waals surface area contributed by atoms with E-state index in [9.17, 15) is 9.59 Å². The highest BCUT2D eigenvalue weighted by Crippen LogP contribution is 2.30. The van der Waals surface area contributed by atoms with Crippen molar-refractivity contribution in [3.05, 3.63) is 29.3 Å². The van der Waals surface area contributed by atoms with Gasteiger partial charge in [0, 0.05) is 25.2 Å². The summed E-state index contributed by atoms with van der Waals surface area (Å²) in [5, 5.41) is 2.92. The summed E-state index contributed by atoms with van der Waals surface area (Å²) < 4.78 is 0. The number of carbonyl (C=O) groups is 2. The fourth-order valence-corrected chi connectivity index (χ4v) is 2.44. The molecule has 2 unspecified atom stereocenters. The molecule has 0 saturated heterocycles. The molecule has 20 heavy (non-hydrogen) atoms. The van der Waals surface area contributed by atoms with Gasteiger partial charge in [0.25, 0.3) is 0 Å². The lowest BCUT2D eigenvalue weighted by molar-refractivity contribution is -0.122. The molecule has 1 aromatic carbocycles. The van der Waals surface area contributed by atoms with Crippen LogP contribution in [0.1, 0.15) is 37.4 Å². The number of carbonyl (C=O) groups excluding carboxylic acids is 2. The minimum Gasteiger partial charge on any atom is -0.350 e. The fourth-order valence-electron chi connectivity index (χ4n) is 2.44. The number of anilines is 1. The molecule has 0 spiro atoms. The van der Waals surface area contributed by atoms with E-state index in [0.29, 0.717) is 12.8 Å². The van der Waals surface area contributed by atoms with Crippen LogP contribution in [-0.4, -0.2) is 24.9 Å². The molecule has 2 atom stereocenters. The zero-order valence-corrected chi connectivity index (χ0v) is 12.1. The van der Waals surface area contributed by atoms with Gasteiger partial charge in [-0.3, -0.25) is 9.59 Å². The molecule has 1 aliphatic heterocycles. The first-order valence-electron chi connectivity index (χ1n) is 6.83. The number of nitrogens with one attached hydrogen (secondary N) is 1. The van der Waals surface area contributed by atoms with Gasteiger partial charge < -0.3 is 16.0 Å². The van der Waals surface area contributed by atoms with Crippen LogP contribution in [0.4, 0.5) is 5.69 Å². The second-order valence-corrected chi connectivity index (χ2v) is 5.49. The van der Waals surface area contributed by atoms with E-state index in [-0.39, 0.29) is 23.9 Å². The summed E-state index contributed by atoms with van der Waals surface area (Å²) in [6, 6.07) is 5.64. The molecule has 1 aliphatic rings. The number of likely N-dealkylation sites (N-methyl/N-ethyl adjacent to an activating group) is 1. The van der Waals surface area contributed by atoms with Crippen LogP contribution in [0.5, 0.6) is 0 Å². The lowest BCUT2D eigenvalue weighted by Gasteiger charge is -2.17. The Hall–Kier alpha value is -1.88. The smallest absolute Gasteiger partial charge is 0.231 e. The van der Waals surface area contributed by atoms with Gasteiger partial charge in [0.15, 0.2) is 0 Å². The zero-order chi connectivity index (χ0) is 14.9. The maximum atomic E-state index is 11.7. The van der Waals surface area contributed by atoms with Gasteiger partial charge in [0.05, 0.1) is 12.5 Å². The number of fused-ring (bicyclic) bond motifs is 1. The van der Waals surface area contributed by atoms with E-state index in [0.717, 1.165) is 16.8 Å². The minimum atomic E-state index is -0.145. The van der Waals surface area contributed by atoms with Crippen molar-refractivity contribution < 1.29 is 9.59 Å². The molecule has 5 heteroatoms. The first kappa shape index (κ1) is 14.5. The summed E-state index contributed by atoms with van der Waals surface area (Å²) >= 11 is 0. The highest BCUT2D eigenvalue weighted by Gasteiger charge is 2.24. The zero-order valence-electron chi connectivity index (χ0n) is 12.1. The van der Waals surface area contributed by atoms with Crippen LogP contribution in [0.15, 0.2) is 18.2 Å². The monoisotopic (exact) mass is 275 g/mol. The van der Waals surface area contributed by atoms with Crippen LogP contribution >= 0.6 is 0 Å². The molecule has 108 valence electrons. The molecule has 0 radical (unpaired) electrons. The largest absolute Gasteiger partial charge is 0.350 e. The third kappa shape index (κ3) is 2.99. The Bertz CT molecular complexity index is 540. The lowest BCUT2D eigenvalue weighted by atomic mass is 10.0. The van der Waals surface area contributed by atoms with Gasteiger partial charge in [-0.15, -0.1) is 0 Å². The van der Waals surface area contributed by atoms with Crippen molar-refractivity contribution in [1.29, 1.82) is 0 Å². The van der Waals surface area contributed by atoms with Crippen molar-refractivity contribution in [1.82, 2.24) is 5.32 Å². The van der Waals surface area contributed by atoms with Crippen LogP contribution in [0.2, 0.25) is 0 Å². The van der Waals surface area contributed by atoms with E-state index in [4.69, 9.17) is 5.73 Å². The number of rotatable bonds is 4. The SMILES string of the molecule is CC(N)CC(=O)NC(C)c1ccc2c(c1)CC(=O)N2C. The standard InChI is InChI=1S/C15H21N3O2/c1-9(16)6-14(19)17-10(2)11-4-5-13-12(7-11)8-15(20)18(13)3/h4-5,7,9-10H,6,8,16H2,1-3H3,(H,17,19). The van der Waals surface area contributed by atoms with Gasteiger partial charge in [-0.25, -0.2) is 0 Å². The van der Waals surface area contributed by atoms with E-state index in [1.165, 1.54) is 0 Å². The maximum absolute atomic E-state index is 11.7. The molecule has 3 N–H and O–H groups in total. The molecule has 5 nitrogen and oxygen atoms in total. The van der Waals surface area contributed by atoms with Crippen molar-refractivity contribution in [2.75, 3.05) is 11.9 Å².